The Hall–Kier alpha value is -1.56. The molecule has 138 valence electrons. The van der Waals surface area contributed by atoms with Crippen molar-refractivity contribution in [3.63, 3.8) is 0 Å². The Balaban J connectivity index is 1.84. The fraction of sp³-hybridized carbons (Fsp3) is 0.579. The summed E-state index contributed by atoms with van der Waals surface area (Å²) in [6.07, 6.45) is 0.912. The first kappa shape index (κ1) is 19.8. The molecule has 0 bridgehead atoms. The maximum atomic E-state index is 12.5. The smallest absolute Gasteiger partial charge is 0.410 e. The van der Waals surface area contributed by atoms with Gasteiger partial charge in [-0.15, -0.1) is 0 Å². The van der Waals surface area contributed by atoms with Crippen LogP contribution >= 0.6 is 15.9 Å². The highest BCUT2D eigenvalue weighted by atomic mass is 79.9. The number of piperazine rings is 1. The average Bonchev–Trinajstić information content (AvgIpc) is 2.52. The molecule has 0 spiro atoms. The summed E-state index contributed by atoms with van der Waals surface area (Å²) >= 11 is 3.41. The predicted octanol–water partition coefficient (Wildman–Crippen LogP) is 3.85. The normalized spacial score (nSPS) is 18.2. The van der Waals surface area contributed by atoms with Crippen molar-refractivity contribution in [2.75, 3.05) is 19.6 Å². The largest absolute Gasteiger partial charge is 0.444 e. The molecule has 0 aromatic heterocycles. The van der Waals surface area contributed by atoms with Gasteiger partial charge in [0, 0.05) is 36.6 Å². The third-order valence-electron chi connectivity index (χ3n) is 4.15. The number of rotatable bonds is 3. The summed E-state index contributed by atoms with van der Waals surface area (Å²) < 4.78 is 6.47. The lowest BCUT2D eigenvalue weighted by molar-refractivity contribution is -0.134. The number of hydrogen-bond acceptors (Lipinski definition) is 3. The third-order valence-corrected chi connectivity index (χ3v) is 4.68. The van der Waals surface area contributed by atoms with Gasteiger partial charge in [-0.05, 0) is 51.8 Å². The second-order valence-electron chi connectivity index (χ2n) is 7.49. The first-order valence-electron chi connectivity index (χ1n) is 8.67. The van der Waals surface area contributed by atoms with Crippen molar-refractivity contribution in [1.29, 1.82) is 0 Å². The van der Waals surface area contributed by atoms with Crippen LogP contribution in [-0.4, -0.2) is 53.1 Å². The lowest BCUT2D eigenvalue weighted by Gasteiger charge is -2.40. The van der Waals surface area contributed by atoms with E-state index in [0.717, 1.165) is 16.5 Å². The fourth-order valence-electron chi connectivity index (χ4n) is 2.84. The van der Waals surface area contributed by atoms with Crippen LogP contribution in [0.15, 0.2) is 28.7 Å². The molecule has 1 heterocycles. The van der Waals surface area contributed by atoms with Gasteiger partial charge >= 0.3 is 6.09 Å². The van der Waals surface area contributed by atoms with Gasteiger partial charge in [-0.3, -0.25) is 4.79 Å². The van der Waals surface area contributed by atoms with E-state index >= 15 is 0 Å². The SMILES string of the molecule is C[C@@H]1CN(C(=O)CCc2ccc(Br)cc2)CCN1C(=O)OC(C)(C)C. The number of halogens is 1. The highest BCUT2D eigenvalue weighted by molar-refractivity contribution is 9.10. The lowest BCUT2D eigenvalue weighted by Crippen LogP contribution is -2.56. The average molecular weight is 411 g/mol. The van der Waals surface area contributed by atoms with E-state index in [1.165, 1.54) is 0 Å². The van der Waals surface area contributed by atoms with Crippen molar-refractivity contribution in [2.24, 2.45) is 0 Å². The molecule has 2 rings (SSSR count). The summed E-state index contributed by atoms with van der Waals surface area (Å²) in [6.45, 7) is 9.16. The maximum absolute atomic E-state index is 12.5. The van der Waals surface area contributed by atoms with Crippen LogP contribution in [0.2, 0.25) is 0 Å². The first-order valence-corrected chi connectivity index (χ1v) is 9.47. The van der Waals surface area contributed by atoms with Crippen LogP contribution < -0.4 is 0 Å². The molecule has 0 saturated carbocycles. The van der Waals surface area contributed by atoms with E-state index in [4.69, 9.17) is 4.74 Å². The van der Waals surface area contributed by atoms with Crippen LogP contribution in [-0.2, 0) is 16.0 Å². The summed E-state index contributed by atoms with van der Waals surface area (Å²) in [5, 5.41) is 0. The number of carbonyl (C=O) groups excluding carboxylic acids is 2. The number of hydrogen-bond donors (Lipinski definition) is 0. The molecule has 0 N–H and O–H groups in total. The summed E-state index contributed by atoms with van der Waals surface area (Å²) in [7, 11) is 0. The molecule has 1 fully saturated rings. The molecule has 0 unspecified atom stereocenters. The van der Waals surface area contributed by atoms with Crippen LogP contribution in [0.25, 0.3) is 0 Å². The second-order valence-corrected chi connectivity index (χ2v) is 8.40. The van der Waals surface area contributed by atoms with Gasteiger partial charge in [-0.25, -0.2) is 4.79 Å². The summed E-state index contributed by atoms with van der Waals surface area (Å²) in [5.41, 5.74) is 0.644. The molecule has 1 aliphatic heterocycles. The van der Waals surface area contributed by atoms with Crippen LogP contribution in [0.5, 0.6) is 0 Å². The number of benzene rings is 1. The number of amides is 2. The van der Waals surface area contributed by atoms with Gasteiger partial charge in [0.05, 0.1) is 0 Å². The second kappa shape index (κ2) is 8.21. The number of ether oxygens (including phenoxy) is 1. The molecule has 1 atom stereocenters. The van der Waals surface area contributed by atoms with Crippen LogP contribution in [0.1, 0.15) is 39.7 Å². The summed E-state index contributed by atoms with van der Waals surface area (Å²) in [4.78, 5) is 28.3. The van der Waals surface area contributed by atoms with Crippen molar-refractivity contribution in [3.8, 4) is 0 Å². The van der Waals surface area contributed by atoms with Gasteiger partial charge in [0.1, 0.15) is 5.60 Å². The number of carbonyl (C=O) groups is 2. The molecule has 0 radical (unpaired) electrons. The van der Waals surface area contributed by atoms with Crippen molar-refractivity contribution < 1.29 is 14.3 Å². The van der Waals surface area contributed by atoms with Crippen molar-refractivity contribution in [1.82, 2.24) is 9.80 Å². The molecular formula is C19H27BrN2O3. The van der Waals surface area contributed by atoms with Crippen molar-refractivity contribution in [3.05, 3.63) is 34.3 Å². The van der Waals surface area contributed by atoms with Gasteiger partial charge < -0.3 is 14.5 Å². The molecule has 2 amide bonds. The van der Waals surface area contributed by atoms with E-state index in [1.54, 1.807) is 4.90 Å². The third kappa shape index (κ3) is 6.03. The van der Waals surface area contributed by atoms with E-state index in [0.29, 0.717) is 26.1 Å². The zero-order valence-corrected chi connectivity index (χ0v) is 17.0. The van der Waals surface area contributed by atoms with Crippen molar-refractivity contribution in [2.45, 2.75) is 52.2 Å². The van der Waals surface area contributed by atoms with Gasteiger partial charge in [0.2, 0.25) is 5.91 Å². The van der Waals surface area contributed by atoms with Crippen LogP contribution in [0.4, 0.5) is 4.79 Å². The highest BCUT2D eigenvalue weighted by Gasteiger charge is 2.32. The van der Waals surface area contributed by atoms with E-state index in [2.05, 4.69) is 15.9 Å². The zero-order chi connectivity index (χ0) is 18.6. The summed E-state index contributed by atoms with van der Waals surface area (Å²) in [5.74, 6) is 0.138. The molecule has 25 heavy (non-hydrogen) atoms. The van der Waals surface area contributed by atoms with Gasteiger partial charge in [0.25, 0.3) is 0 Å². The predicted molar refractivity (Wildman–Crippen MR) is 101 cm³/mol. The van der Waals surface area contributed by atoms with Gasteiger partial charge in [-0.1, -0.05) is 28.1 Å². The summed E-state index contributed by atoms with van der Waals surface area (Å²) in [6, 6.07) is 7.99. The first-order chi connectivity index (χ1) is 11.7. The quantitative estimate of drug-likeness (QED) is 0.759. The van der Waals surface area contributed by atoms with Gasteiger partial charge in [0.15, 0.2) is 0 Å². The Morgan fingerprint density at radius 1 is 1.20 bits per heavy atom. The van der Waals surface area contributed by atoms with Crippen LogP contribution in [0, 0.1) is 0 Å². The van der Waals surface area contributed by atoms with Gasteiger partial charge in [-0.2, -0.15) is 0 Å². The monoisotopic (exact) mass is 410 g/mol. The Labute approximate surface area is 158 Å². The topological polar surface area (TPSA) is 49.9 Å². The molecule has 1 aromatic rings. The van der Waals surface area contributed by atoms with E-state index in [9.17, 15) is 9.59 Å². The van der Waals surface area contributed by atoms with E-state index < -0.39 is 5.60 Å². The molecule has 0 aliphatic carbocycles. The zero-order valence-electron chi connectivity index (χ0n) is 15.4. The Bertz CT molecular complexity index is 610. The van der Waals surface area contributed by atoms with Crippen molar-refractivity contribution >= 4 is 27.9 Å². The highest BCUT2D eigenvalue weighted by Crippen LogP contribution is 2.17. The minimum absolute atomic E-state index is 0.0415. The molecular weight excluding hydrogens is 384 g/mol. The molecule has 6 heteroatoms. The maximum Gasteiger partial charge on any atom is 0.410 e. The minimum Gasteiger partial charge on any atom is -0.444 e. The molecule has 5 nitrogen and oxygen atoms in total. The molecule has 1 aromatic carbocycles. The Morgan fingerprint density at radius 3 is 2.40 bits per heavy atom. The minimum atomic E-state index is -0.506. The number of nitrogens with zero attached hydrogens (tertiary/aromatic N) is 2. The number of aryl methyl sites for hydroxylation is 1. The fourth-order valence-corrected chi connectivity index (χ4v) is 3.10. The standard InChI is InChI=1S/C19H27BrN2O3/c1-14-13-21(11-12-22(14)18(24)25-19(2,3)4)17(23)10-7-15-5-8-16(20)9-6-15/h5-6,8-9,14H,7,10-13H2,1-4H3/t14-/m1/s1. The Kier molecular flexibility index (Phi) is 6.49. The molecule has 1 aliphatic rings. The lowest BCUT2D eigenvalue weighted by atomic mass is 10.1. The molecule has 1 saturated heterocycles. The van der Waals surface area contributed by atoms with Crippen LogP contribution in [0.3, 0.4) is 0 Å². The van der Waals surface area contributed by atoms with E-state index in [1.807, 2.05) is 56.9 Å². The van der Waals surface area contributed by atoms with E-state index in [-0.39, 0.29) is 18.0 Å². The Morgan fingerprint density at radius 2 is 1.84 bits per heavy atom.